The van der Waals surface area contributed by atoms with Crippen LogP contribution in [0.1, 0.15) is 33.3 Å². The Morgan fingerprint density at radius 3 is 2.33 bits per heavy atom. The molecule has 2 N–H and O–H groups in total. The molecule has 1 rings (SSSR count). The molecule has 1 unspecified atom stereocenters. The van der Waals surface area contributed by atoms with Crippen molar-refractivity contribution in [3.63, 3.8) is 0 Å². The number of sulfonamides is 1. The van der Waals surface area contributed by atoms with Crippen LogP contribution in [0.5, 0.6) is 5.75 Å². The second-order valence-electron chi connectivity index (χ2n) is 5.76. The van der Waals surface area contributed by atoms with Gasteiger partial charge in [-0.1, -0.05) is 13.8 Å². The number of aryl methyl sites for hydroxylation is 1. The molecule has 1 aromatic rings. The highest BCUT2D eigenvalue weighted by atomic mass is 32.2. The first-order valence-electron chi connectivity index (χ1n) is 7.08. The van der Waals surface area contributed by atoms with E-state index in [1.807, 2.05) is 27.7 Å². The van der Waals surface area contributed by atoms with Gasteiger partial charge in [0.25, 0.3) is 0 Å². The zero-order valence-electron chi connectivity index (χ0n) is 13.3. The number of nitrogens with one attached hydrogen (secondary N) is 1. The van der Waals surface area contributed by atoms with Gasteiger partial charge in [-0.05, 0) is 50.5 Å². The lowest BCUT2D eigenvalue weighted by Gasteiger charge is -2.16. The Morgan fingerprint density at radius 2 is 1.86 bits per heavy atom. The number of ether oxygens (including phenoxy) is 1. The van der Waals surface area contributed by atoms with Crippen molar-refractivity contribution in [1.29, 1.82) is 0 Å². The minimum absolute atomic E-state index is 0.00327. The molecule has 120 valence electrons. The first-order chi connectivity index (χ1) is 9.63. The van der Waals surface area contributed by atoms with E-state index in [0.29, 0.717) is 5.75 Å². The van der Waals surface area contributed by atoms with Crippen molar-refractivity contribution in [2.75, 3.05) is 6.54 Å². The Morgan fingerprint density at radius 1 is 1.24 bits per heavy atom. The molecule has 1 atom stereocenters. The number of hydrogen-bond acceptors (Lipinski definition) is 4. The Balaban J connectivity index is 2.87. The van der Waals surface area contributed by atoms with E-state index in [1.165, 1.54) is 6.07 Å². The van der Waals surface area contributed by atoms with E-state index in [1.54, 1.807) is 19.1 Å². The summed E-state index contributed by atoms with van der Waals surface area (Å²) in [4.78, 5) is 0.173. The molecule has 21 heavy (non-hydrogen) atoms. The van der Waals surface area contributed by atoms with Gasteiger partial charge in [0, 0.05) is 6.54 Å². The minimum atomic E-state index is -3.62. The van der Waals surface area contributed by atoms with Gasteiger partial charge in [-0.2, -0.15) is 0 Å². The molecular weight excluding hydrogens is 290 g/mol. The van der Waals surface area contributed by atoms with E-state index in [2.05, 4.69) is 4.72 Å². The molecule has 0 radical (unpaired) electrons. The number of benzene rings is 1. The van der Waals surface area contributed by atoms with Crippen molar-refractivity contribution >= 4 is 10.0 Å². The van der Waals surface area contributed by atoms with E-state index in [0.717, 1.165) is 5.56 Å². The Bertz CT molecular complexity index is 567. The zero-order valence-corrected chi connectivity index (χ0v) is 14.1. The monoisotopic (exact) mass is 315 g/mol. The highest BCUT2D eigenvalue weighted by molar-refractivity contribution is 7.89. The molecule has 0 heterocycles. The summed E-state index contributed by atoms with van der Waals surface area (Å²) in [7, 11) is -3.62. The van der Waals surface area contributed by atoms with Crippen LogP contribution in [0.3, 0.4) is 0 Å². The van der Waals surface area contributed by atoms with Gasteiger partial charge in [-0.25, -0.2) is 13.1 Å². The van der Waals surface area contributed by atoms with E-state index in [-0.39, 0.29) is 23.5 Å². The molecule has 0 saturated heterocycles. The van der Waals surface area contributed by atoms with Crippen molar-refractivity contribution in [3.05, 3.63) is 23.8 Å². The summed E-state index contributed by atoms with van der Waals surface area (Å²) in [6, 6.07) is 4.74. The molecule has 0 fully saturated rings. The summed E-state index contributed by atoms with van der Waals surface area (Å²) in [5.41, 5.74) is 0.760. The normalized spacial score (nSPS) is 13.7. The van der Waals surface area contributed by atoms with Crippen LogP contribution in [-0.2, 0) is 10.0 Å². The van der Waals surface area contributed by atoms with Gasteiger partial charge in [-0.3, -0.25) is 0 Å². The second kappa shape index (κ2) is 7.24. The van der Waals surface area contributed by atoms with E-state index in [4.69, 9.17) is 4.74 Å². The summed E-state index contributed by atoms with van der Waals surface area (Å²) < 4.78 is 32.4. The highest BCUT2D eigenvalue weighted by Gasteiger charge is 2.18. The number of aliphatic hydroxyl groups excluding tert-OH is 1. The lowest BCUT2D eigenvalue weighted by atomic mass is 10.1. The predicted octanol–water partition coefficient (Wildman–Crippen LogP) is 2.08. The van der Waals surface area contributed by atoms with Crippen molar-refractivity contribution in [2.45, 2.75) is 51.7 Å². The molecule has 0 aliphatic carbocycles. The van der Waals surface area contributed by atoms with E-state index < -0.39 is 16.1 Å². The standard InChI is InChI=1S/C15H25NO4S/c1-10(2)14(17)9-16-21(18,19)13-6-7-15(12(5)8-13)20-11(3)4/h6-8,10-11,14,16-17H,9H2,1-5H3. The quantitative estimate of drug-likeness (QED) is 0.808. The van der Waals surface area contributed by atoms with Gasteiger partial charge < -0.3 is 9.84 Å². The minimum Gasteiger partial charge on any atom is -0.491 e. The summed E-state index contributed by atoms with van der Waals surface area (Å²) in [6.07, 6.45) is -0.671. The van der Waals surface area contributed by atoms with Crippen molar-refractivity contribution in [3.8, 4) is 5.75 Å². The molecule has 0 aliphatic rings. The van der Waals surface area contributed by atoms with E-state index >= 15 is 0 Å². The molecule has 5 nitrogen and oxygen atoms in total. The van der Waals surface area contributed by atoms with Crippen LogP contribution in [0.15, 0.2) is 23.1 Å². The fourth-order valence-electron chi connectivity index (χ4n) is 1.69. The van der Waals surface area contributed by atoms with Crippen molar-refractivity contribution in [2.24, 2.45) is 5.92 Å². The predicted molar refractivity (Wildman–Crippen MR) is 83.0 cm³/mol. The summed E-state index contributed by atoms with van der Waals surface area (Å²) in [5, 5.41) is 9.69. The van der Waals surface area contributed by atoms with Crippen LogP contribution < -0.4 is 9.46 Å². The third-order valence-electron chi connectivity index (χ3n) is 3.07. The number of hydrogen-bond donors (Lipinski definition) is 2. The summed E-state index contributed by atoms with van der Waals surface area (Å²) in [5.74, 6) is 0.669. The summed E-state index contributed by atoms with van der Waals surface area (Å²) in [6.45, 7) is 9.31. The van der Waals surface area contributed by atoms with Crippen LogP contribution in [0, 0.1) is 12.8 Å². The van der Waals surface area contributed by atoms with Crippen LogP contribution in [0.2, 0.25) is 0 Å². The van der Waals surface area contributed by atoms with Gasteiger partial charge in [0.05, 0.1) is 17.1 Å². The molecule has 6 heteroatoms. The van der Waals surface area contributed by atoms with Gasteiger partial charge in [0.15, 0.2) is 0 Å². The lowest BCUT2D eigenvalue weighted by molar-refractivity contribution is 0.129. The number of aliphatic hydroxyl groups is 1. The maximum Gasteiger partial charge on any atom is 0.240 e. The van der Waals surface area contributed by atoms with Crippen LogP contribution >= 0.6 is 0 Å². The SMILES string of the molecule is Cc1cc(S(=O)(=O)NCC(O)C(C)C)ccc1OC(C)C. The third-order valence-corrected chi connectivity index (χ3v) is 4.49. The molecule has 1 aromatic carbocycles. The van der Waals surface area contributed by atoms with Crippen molar-refractivity contribution < 1.29 is 18.3 Å². The van der Waals surface area contributed by atoms with Gasteiger partial charge in [0.2, 0.25) is 10.0 Å². The topological polar surface area (TPSA) is 75.6 Å². The molecule has 0 amide bonds. The molecular formula is C15H25NO4S. The second-order valence-corrected chi connectivity index (χ2v) is 7.52. The van der Waals surface area contributed by atoms with Gasteiger partial charge >= 0.3 is 0 Å². The van der Waals surface area contributed by atoms with Crippen molar-refractivity contribution in [1.82, 2.24) is 4.72 Å². The van der Waals surface area contributed by atoms with Crippen LogP contribution in [0.25, 0.3) is 0 Å². The molecule has 0 aliphatic heterocycles. The molecule has 0 bridgehead atoms. The largest absolute Gasteiger partial charge is 0.491 e. The van der Waals surface area contributed by atoms with Crippen LogP contribution in [-0.4, -0.2) is 32.3 Å². The Hall–Kier alpha value is -1.11. The first kappa shape index (κ1) is 17.9. The molecule has 0 aromatic heterocycles. The van der Waals surface area contributed by atoms with E-state index in [9.17, 15) is 13.5 Å². The summed E-state index contributed by atoms with van der Waals surface area (Å²) >= 11 is 0. The van der Waals surface area contributed by atoms with Crippen LogP contribution in [0.4, 0.5) is 0 Å². The molecule has 0 spiro atoms. The number of rotatable bonds is 7. The maximum absolute atomic E-state index is 12.2. The maximum atomic E-state index is 12.2. The highest BCUT2D eigenvalue weighted by Crippen LogP contribution is 2.22. The fourth-order valence-corrected chi connectivity index (χ4v) is 2.83. The lowest BCUT2D eigenvalue weighted by Crippen LogP contribution is -2.34. The third kappa shape index (κ3) is 5.30. The molecule has 0 saturated carbocycles. The Labute approximate surface area is 127 Å². The smallest absolute Gasteiger partial charge is 0.240 e. The first-order valence-corrected chi connectivity index (χ1v) is 8.57. The van der Waals surface area contributed by atoms with Gasteiger partial charge in [-0.15, -0.1) is 0 Å². The average Bonchev–Trinajstić information content (AvgIpc) is 2.37. The Kier molecular flexibility index (Phi) is 6.19. The zero-order chi connectivity index (χ0) is 16.2. The fraction of sp³-hybridized carbons (Fsp3) is 0.600. The van der Waals surface area contributed by atoms with Gasteiger partial charge in [0.1, 0.15) is 5.75 Å². The average molecular weight is 315 g/mol.